The second-order valence-corrected chi connectivity index (χ2v) is 5.19. The maximum atomic E-state index is 9.65. The molecule has 7 nitrogen and oxygen atoms in total. The van der Waals surface area contributed by atoms with Crippen molar-refractivity contribution in [3.63, 3.8) is 0 Å². The highest BCUT2D eigenvalue weighted by molar-refractivity contribution is 6.28. The van der Waals surface area contributed by atoms with Crippen LogP contribution in [0.1, 0.15) is 26.2 Å². The van der Waals surface area contributed by atoms with Gasteiger partial charge in [0, 0.05) is 19.8 Å². The van der Waals surface area contributed by atoms with Crippen LogP contribution < -0.4 is 10.6 Å². The Hall–Kier alpha value is -1.18. The van der Waals surface area contributed by atoms with E-state index in [9.17, 15) is 5.11 Å². The fraction of sp³-hybridized carbons (Fsp3) is 0.750. The number of nitrogens with zero attached hydrogens (tertiary/aromatic N) is 3. The van der Waals surface area contributed by atoms with E-state index in [1.807, 2.05) is 0 Å². The maximum absolute atomic E-state index is 9.65. The van der Waals surface area contributed by atoms with Crippen LogP contribution in [0.2, 0.25) is 5.28 Å². The zero-order valence-corrected chi connectivity index (χ0v) is 12.3. The number of ether oxygens (including phenoxy) is 1. The number of aromatic nitrogens is 3. The van der Waals surface area contributed by atoms with Crippen molar-refractivity contribution < 1.29 is 9.84 Å². The van der Waals surface area contributed by atoms with Gasteiger partial charge >= 0.3 is 0 Å². The molecule has 8 heteroatoms. The first-order valence-electron chi connectivity index (χ1n) is 6.80. The number of aliphatic hydroxyl groups is 1. The molecule has 1 fully saturated rings. The van der Waals surface area contributed by atoms with Gasteiger partial charge in [-0.2, -0.15) is 15.0 Å². The lowest BCUT2D eigenvalue weighted by Gasteiger charge is -2.36. The molecule has 0 amide bonds. The van der Waals surface area contributed by atoms with Crippen molar-refractivity contribution >= 4 is 23.5 Å². The van der Waals surface area contributed by atoms with Crippen molar-refractivity contribution in [2.75, 3.05) is 37.0 Å². The first kappa shape index (κ1) is 15.2. The number of rotatable bonds is 6. The van der Waals surface area contributed by atoms with Crippen LogP contribution in [0.5, 0.6) is 0 Å². The second kappa shape index (κ2) is 7.01. The molecule has 1 aromatic rings. The van der Waals surface area contributed by atoms with Gasteiger partial charge in [0.15, 0.2) is 0 Å². The van der Waals surface area contributed by atoms with Crippen molar-refractivity contribution in [1.82, 2.24) is 15.0 Å². The molecule has 0 unspecified atom stereocenters. The Balaban J connectivity index is 2.12. The molecule has 0 bridgehead atoms. The summed E-state index contributed by atoms with van der Waals surface area (Å²) < 4.78 is 5.32. The van der Waals surface area contributed by atoms with E-state index < -0.39 is 5.54 Å². The summed E-state index contributed by atoms with van der Waals surface area (Å²) in [5, 5.41) is 16.0. The third-order valence-electron chi connectivity index (χ3n) is 3.27. The summed E-state index contributed by atoms with van der Waals surface area (Å²) >= 11 is 5.91. The third kappa shape index (κ3) is 3.91. The normalized spacial score (nSPS) is 17.8. The number of nitrogens with one attached hydrogen (secondary N) is 2. The third-order valence-corrected chi connectivity index (χ3v) is 3.44. The average Bonchev–Trinajstić information content (AvgIpc) is 2.45. The predicted octanol–water partition coefficient (Wildman–Crippen LogP) is 1.30. The lowest BCUT2D eigenvalue weighted by molar-refractivity contribution is 0.0377. The van der Waals surface area contributed by atoms with Gasteiger partial charge in [0.1, 0.15) is 0 Å². The van der Waals surface area contributed by atoms with E-state index in [0.717, 1.165) is 13.0 Å². The zero-order chi connectivity index (χ0) is 14.4. The predicted molar refractivity (Wildman–Crippen MR) is 77.1 cm³/mol. The largest absolute Gasteiger partial charge is 0.394 e. The van der Waals surface area contributed by atoms with E-state index in [0.29, 0.717) is 38.0 Å². The Bertz CT molecular complexity index is 440. The van der Waals surface area contributed by atoms with Gasteiger partial charge in [-0.15, -0.1) is 0 Å². The summed E-state index contributed by atoms with van der Waals surface area (Å²) in [6.07, 6.45) is 2.36. The zero-order valence-electron chi connectivity index (χ0n) is 11.5. The molecule has 0 aliphatic carbocycles. The summed E-state index contributed by atoms with van der Waals surface area (Å²) in [5.74, 6) is 0.814. The van der Waals surface area contributed by atoms with Gasteiger partial charge in [-0.25, -0.2) is 0 Å². The van der Waals surface area contributed by atoms with Gasteiger partial charge in [-0.05, 0) is 30.9 Å². The van der Waals surface area contributed by atoms with E-state index in [1.54, 1.807) is 0 Å². The second-order valence-electron chi connectivity index (χ2n) is 4.85. The lowest BCUT2D eigenvalue weighted by Crippen LogP contribution is -2.47. The van der Waals surface area contributed by atoms with Crippen LogP contribution in [0.4, 0.5) is 11.9 Å². The monoisotopic (exact) mass is 301 g/mol. The molecule has 1 saturated heterocycles. The Kier molecular flexibility index (Phi) is 5.33. The molecule has 3 N–H and O–H groups in total. The minimum absolute atomic E-state index is 0.00260. The van der Waals surface area contributed by atoms with E-state index in [2.05, 4.69) is 32.5 Å². The van der Waals surface area contributed by atoms with Crippen molar-refractivity contribution in [2.24, 2.45) is 0 Å². The van der Waals surface area contributed by atoms with E-state index in [1.165, 1.54) is 0 Å². The van der Waals surface area contributed by atoms with Crippen molar-refractivity contribution in [3.05, 3.63) is 5.28 Å². The first-order valence-corrected chi connectivity index (χ1v) is 7.17. The lowest BCUT2D eigenvalue weighted by atomic mass is 9.91. The minimum atomic E-state index is -0.453. The number of anilines is 2. The van der Waals surface area contributed by atoms with Gasteiger partial charge in [-0.1, -0.05) is 6.92 Å². The quantitative estimate of drug-likeness (QED) is 0.729. The van der Waals surface area contributed by atoms with Crippen LogP contribution in [0.15, 0.2) is 0 Å². The van der Waals surface area contributed by atoms with Crippen LogP contribution in [0.25, 0.3) is 0 Å². The van der Waals surface area contributed by atoms with E-state index in [-0.39, 0.29) is 11.9 Å². The number of hydrogen-bond acceptors (Lipinski definition) is 7. The summed E-state index contributed by atoms with van der Waals surface area (Å²) in [4.78, 5) is 12.4. The average molecular weight is 302 g/mol. The molecule has 1 aliphatic rings. The van der Waals surface area contributed by atoms with Crippen molar-refractivity contribution in [1.29, 1.82) is 0 Å². The molecule has 0 saturated carbocycles. The highest BCUT2D eigenvalue weighted by Crippen LogP contribution is 2.24. The Labute approximate surface area is 123 Å². The molecular formula is C12H20ClN5O2. The summed E-state index contributed by atoms with van der Waals surface area (Å²) in [6, 6.07) is 0. The minimum Gasteiger partial charge on any atom is -0.394 e. The van der Waals surface area contributed by atoms with E-state index >= 15 is 0 Å². The van der Waals surface area contributed by atoms with E-state index in [4.69, 9.17) is 16.3 Å². The summed E-state index contributed by atoms with van der Waals surface area (Å²) in [5.41, 5.74) is -0.453. The standard InChI is InChI=1S/C12H20ClN5O2/c1-2-5-14-10-15-9(13)16-11(17-10)18-12(8-19)3-6-20-7-4-12/h19H,2-8H2,1H3,(H2,14,15,16,17,18). The van der Waals surface area contributed by atoms with Crippen LogP contribution in [-0.2, 0) is 4.74 Å². The van der Waals surface area contributed by atoms with Crippen LogP contribution in [0, 0.1) is 0 Å². The summed E-state index contributed by atoms with van der Waals surface area (Å²) in [7, 11) is 0. The van der Waals surface area contributed by atoms with Crippen LogP contribution in [0.3, 0.4) is 0 Å². The van der Waals surface area contributed by atoms with Crippen LogP contribution in [-0.4, -0.2) is 52.0 Å². The molecular weight excluding hydrogens is 282 g/mol. The molecule has 1 aromatic heterocycles. The van der Waals surface area contributed by atoms with Crippen molar-refractivity contribution in [2.45, 2.75) is 31.7 Å². The van der Waals surface area contributed by atoms with Gasteiger partial charge in [0.2, 0.25) is 17.2 Å². The Morgan fingerprint density at radius 1 is 1.25 bits per heavy atom. The Morgan fingerprint density at radius 2 is 1.95 bits per heavy atom. The molecule has 112 valence electrons. The highest BCUT2D eigenvalue weighted by Gasteiger charge is 2.32. The molecule has 2 rings (SSSR count). The fourth-order valence-corrected chi connectivity index (χ4v) is 2.20. The Morgan fingerprint density at radius 3 is 2.60 bits per heavy atom. The van der Waals surface area contributed by atoms with Crippen LogP contribution >= 0.6 is 11.6 Å². The number of aliphatic hydroxyl groups excluding tert-OH is 1. The molecule has 0 radical (unpaired) electrons. The van der Waals surface area contributed by atoms with Gasteiger partial charge < -0.3 is 20.5 Å². The molecule has 0 spiro atoms. The van der Waals surface area contributed by atoms with Gasteiger partial charge in [-0.3, -0.25) is 0 Å². The van der Waals surface area contributed by atoms with Gasteiger partial charge in [0.25, 0.3) is 0 Å². The molecule has 1 aliphatic heterocycles. The topological polar surface area (TPSA) is 92.2 Å². The number of halogens is 1. The van der Waals surface area contributed by atoms with Gasteiger partial charge in [0.05, 0.1) is 12.1 Å². The first-order chi connectivity index (χ1) is 9.67. The SMILES string of the molecule is CCCNc1nc(Cl)nc(NC2(CO)CCOCC2)n1. The molecule has 20 heavy (non-hydrogen) atoms. The maximum Gasteiger partial charge on any atom is 0.229 e. The molecule has 0 atom stereocenters. The smallest absolute Gasteiger partial charge is 0.229 e. The number of hydrogen-bond donors (Lipinski definition) is 3. The highest BCUT2D eigenvalue weighted by atomic mass is 35.5. The summed E-state index contributed by atoms with van der Waals surface area (Å²) in [6.45, 7) is 4.02. The molecule has 0 aromatic carbocycles. The fourth-order valence-electron chi connectivity index (χ4n) is 2.04. The van der Waals surface area contributed by atoms with Crippen molar-refractivity contribution in [3.8, 4) is 0 Å². The molecule has 2 heterocycles.